The highest BCUT2D eigenvalue weighted by Gasteiger charge is 2.24. The number of hydrogen-bond donors (Lipinski definition) is 0. The Bertz CT molecular complexity index is 137. The predicted molar refractivity (Wildman–Crippen MR) is 71.2 cm³/mol. The monoisotopic (exact) mass is 212 g/mol. The lowest BCUT2D eigenvalue weighted by molar-refractivity contribution is 0.183. The summed E-state index contributed by atoms with van der Waals surface area (Å²) in [6, 6.07) is 0. The largest absolute Gasteiger partial charge is 0.0654 e. The van der Waals surface area contributed by atoms with E-state index in [2.05, 4.69) is 34.6 Å². The minimum absolute atomic E-state index is 0.588. The molecule has 0 spiro atoms. The molecule has 1 unspecified atom stereocenters. The SMILES string of the molecule is CCCCCCCCC(C)(CC)C(C)C. The number of hydrogen-bond acceptors (Lipinski definition) is 0. The van der Waals surface area contributed by atoms with Crippen molar-refractivity contribution in [3.63, 3.8) is 0 Å². The summed E-state index contributed by atoms with van der Waals surface area (Å²) in [7, 11) is 0. The van der Waals surface area contributed by atoms with Crippen LogP contribution < -0.4 is 0 Å². The van der Waals surface area contributed by atoms with Gasteiger partial charge in [0.2, 0.25) is 0 Å². The van der Waals surface area contributed by atoms with E-state index in [1.807, 2.05) is 0 Å². The van der Waals surface area contributed by atoms with Gasteiger partial charge in [-0.05, 0) is 17.8 Å². The van der Waals surface area contributed by atoms with Gasteiger partial charge < -0.3 is 0 Å². The maximum Gasteiger partial charge on any atom is -0.0305 e. The highest BCUT2D eigenvalue weighted by molar-refractivity contribution is 4.75. The summed E-state index contributed by atoms with van der Waals surface area (Å²) in [4.78, 5) is 0. The van der Waals surface area contributed by atoms with Gasteiger partial charge >= 0.3 is 0 Å². The van der Waals surface area contributed by atoms with Crippen LogP contribution in [0.15, 0.2) is 0 Å². The van der Waals surface area contributed by atoms with E-state index >= 15 is 0 Å². The van der Waals surface area contributed by atoms with Crippen LogP contribution in [0.5, 0.6) is 0 Å². The first-order valence-electron chi connectivity index (χ1n) is 7.06. The summed E-state index contributed by atoms with van der Waals surface area (Å²) in [5.74, 6) is 0.832. The van der Waals surface area contributed by atoms with E-state index in [-0.39, 0.29) is 0 Å². The highest BCUT2D eigenvalue weighted by atomic mass is 14.3. The molecule has 0 nitrogen and oxygen atoms in total. The second-order valence-electron chi connectivity index (χ2n) is 5.68. The first-order chi connectivity index (χ1) is 7.06. The zero-order chi connectivity index (χ0) is 11.7. The second-order valence-corrected chi connectivity index (χ2v) is 5.68. The molecule has 0 N–H and O–H groups in total. The molecule has 0 aliphatic rings. The van der Waals surface area contributed by atoms with Gasteiger partial charge in [0, 0.05) is 0 Å². The van der Waals surface area contributed by atoms with Crippen LogP contribution >= 0.6 is 0 Å². The molecule has 15 heavy (non-hydrogen) atoms. The summed E-state index contributed by atoms with van der Waals surface area (Å²) in [5, 5.41) is 0. The van der Waals surface area contributed by atoms with Gasteiger partial charge in [-0.3, -0.25) is 0 Å². The Morgan fingerprint density at radius 2 is 1.40 bits per heavy atom. The van der Waals surface area contributed by atoms with E-state index < -0.39 is 0 Å². The molecule has 0 aliphatic heterocycles. The molecule has 0 bridgehead atoms. The Morgan fingerprint density at radius 1 is 0.867 bits per heavy atom. The first-order valence-corrected chi connectivity index (χ1v) is 7.06. The fourth-order valence-corrected chi connectivity index (χ4v) is 2.18. The third-order valence-electron chi connectivity index (χ3n) is 4.30. The zero-order valence-electron chi connectivity index (χ0n) is 11.7. The molecule has 0 aliphatic carbocycles. The Kier molecular flexibility index (Phi) is 8.19. The third-order valence-corrected chi connectivity index (χ3v) is 4.30. The van der Waals surface area contributed by atoms with Gasteiger partial charge in [-0.15, -0.1) is 0 Å². The molecular weight excluding hydrogens is 180 g/mol. The lowest BCUT2D eigenvalue weighted by Crippen LogP contribution is -2.22. The average Bonchev–Trinajstić information content (AvgIpc) is 2.22. The number of rotatable bonds is 9. The first kappa shape index (κ1) is 15.0. The summed E-state index contributed by atoms with van der Waals surface area (Å²) < 4.78 is 0. The van der Waals surface area contributed by atoms with Gasteiger partial charge in [0.25, 0.3) is 0 Å². The van der Waals surface area contributed by atoms with Crippen molar-refractivity contribution >= 4 is 0 Å². The van der Waals surface area contributed by atoms with Gasteiger partial charge in [0.05, 0.1) is 0 Å². The fourth-order valence-electron chi connectivity index (χ4n) is 2.18. The van der Waals surface area contributed by atoms with Gasteiger partial charge in [-0.25, -0.2) is 0 Å². The standard InChI is InChI=1S/C15H32/c1-6-8-9-10-11-12-13-15(5,7-2)14(3)4/h14H,6-13H2,1-5H3. The summed E-state index contributed by atoms with van der Waals surface area (Å²) in [6.07, 6.45) is 11.3. The molecule has 0 aromatic heterocycles. The minimum Gasteiger partial charge on any atom is -0.0654 e. The summed E-state index contributed by atoms with van der Waals surface area (Å²) >= 11 is 0. The van der Waals surface area contributed by atoms with E-state index in [0.717, 1.165) is 5.92 Å². The molecular formula is C15H32. The third kappa shape index (κ3) is 6.22. The van der Waals surface area contributed by atoms with Crippen molar-refractivity contribution in [1.29, 1.82) is 0 Å². The average molecular weight is 212 g/mol. The zero-order valence-corrected chi connectivity index (χ0v) is 11.7. The van der Waals surface area contributed by atoms with Gasteiger partial charge in [-0.2, -0.15) is 0 Å². The molecule has 0 heteroatoms. The van der Waals surface area contributed by atoms with Crippen molar-refractivity contribution in [2.75, 3.05) is 0 Å². The summed E-state index contributed by atoms with van der Waals surface area (Å²) in [5.41, 5.74) is 0.588. The van der Waals surface area contributed by atoms with Crippen LogP contribution in [-0.4, -0.2) is 0 Å². The Hall–Kier alpha value is 0. The molecule has 0 aromatic rings. The second kappa shape index (κ2) is 8.19. The molecule has 0 amide bonds. The molecule has 0 saturated carbocycles. The fraction of sp³-hybridized carbons (Fsp3) is 1.00. The molecule has 1 atom stereocenters. The Morgan fingerprint density at radius 3 is 1.87 bits per heavy atom. The maximum atomic E-state index is 2.46. The van der Waals surface area contributed by atoms with Crippen molar-refractivity contribution in [2.24, 2.45) is 11.3 Å². The summed E-state index contributed by atoms with van der Waals surface area (Å²) in [6.45, 7) is 11.8. The lowest BCUT2D eigenvalue weighted by atomic mass is 9.73. The van der Waals surface area contributed by atoms with Crippen LogP contribution in [0.25, 0.3) is 0 Å². The molecule has 0 rings (SSSR count). The predicted octanol–water partition coefficient (Wildman–Crippen LogP) is 5.81. The highest BCUT2D eigenvalue weighted by Crippen LogP contribution is 2.36. The normalized spacial score (nSPS) is 15.6. The van der Waals surface area contributed by atoms with Crippen LogP contribution in [0.3, 0.4) is 0 Å². The molecule has 92 valence electrons. The van der Waals surface area contributed by atoms with Crippen molar-refractivity contribution in [2.45, 2.75) is 86.0 Å². The molecule has 0 aromatic carbocycles. The van der Waals surface area contributed by atoms with E-state index in [4.69, 9.17) is 0 Å². The van der Waals surface area contributed by atoms with Gasteiger partial charge in [-0.1, -0.05) is 79.6 Å². The molecule has 0 fully saturated rings. The van der Waals surface area contributed by atoms with Crippen molar-refractivity contribution in [3.05, 3.63) is 0 Å². The van der Waals surface area contributed by atoms with Gasteiger partial charge in [0.1, 0.15) is 0 Å². The van der Waals surface area contributed by atoms with E-state index in [1.165, 1.54) is 51.4 Å². The Balaban J connectivity index is 3.55. The van der Waals surface area contributed by atoms with Gasteiger partial charge in [0.15, 0.2) is 0 Å². The van der Waals surface area contributed by atoms with E-state index in [0.29, 0.717) is 5.41 Å². The van der Waals surface area contributed by atoms with E-state index in [1.54, 1.807) is 0 Å². The molecule has 0 saturated heterocycles. The van der Waals surface area contributed by atoms with Crippen molar-refractivity contribution in [3.8, 4) is 0 Å². The van der Waals surface area contributed by atoms with Crippen LogP contribution in [-0.2, 0) is 0 Å². The number of unbranched alkanes of at least 4 members (excludes halogenated alkanes) is 5. The maximum absolute atomic E-state index is 2.46. The van der Waals surface area contributed by atoms with E-state index in [9.17, 15) is 0 Å². The van der Waals surface area contributed by atoms with Crippen LogP contribution in [0, 0.1) is 11.3 Å². The molecule has 0 heterocycles. The topological polar surface area (TPSA) is 0 Å². The lowest BCUT2D eigenvalue weighted by Gasteiger charge is -2.32. The van der Waals surface area contributed by atoms with Crippen LogP contribution in [0.1, 0.15) is 86.0 Å². The van der Waals surface area contributed by atoms with Crippen molar-refractivity contribution < 1.29 is 0 Å². The van der Waals surface area contributed by atoms with Crippen LogP contribution in [0.2, 0.25) is 0 Å². The van der Waals surface area contributed by atoms with Crippen molar-refractivity contribution in [1.82, 2.24) is 0 Å². The minimum atomic E-state index is 0.588. The Labute approximate surface area is 97.8 Å². The quantitative estimate of drug-likeness (QED) is 0.423. The molecule has 0 radical (unpaired) electrons. The smallest absolute Gasteiger partial charge is 0.0305 e. The van der Waals surface area contributed by atoms with Crippen LogP contribution in [0.4, 0.5) is 0 Å².